The Kier molecular flexibility index (Phi) is 3.90. The normalized spacial score (nSPS) is 19.7. The first-order chi connectivity index (χ1) is 6.72. The van der Waals surface area contributed by atoms with Crippen LogP contribution in [-0.2, 0) is 9.53 Å². The van der Waals surface area contributed by atoms with Crippen LogP contribution in [0.15, 0.2) is 0 Å². The molecule has 0 aromatic rings. The Morgan fingerprint density at radius 1 is 1.50 bits per heavy atom. The van der Waals surface area contributed by atoms with Gasteiger partial charge in [0.25, 0.3) is 0 Å². The van der Waals surface area contributed by atoms with Gasteiger partial charge in [0.1, 0.15) is 5.54 Å². The summed E-state index contributed by atoms with van der Waals surface area (Å²) in [6.45, 7) is 0.129. The average molecular weight is 196 g/mol. The molecule has 78 valence electrons. The number of rotatable bonds is 3. The van der Waals surface area contributed by atoms with Crippen LogP contribution in [0.2, 0.25) is 0 Å². The summed E-state index contributed by atoms with van der Waals surface area (Å²) in [7, 11) is 1.35. The molecule has 0 aliphatic heterocycles. The van der Waals surface area contributed by atoms with E-state index in [-0.39, 0.29) is 12.5 Å². The molecule has 4 nitrogen and oxygen atoms in total. The quantitative estimate of drug-likeness (QED) is 0.683. The molecule has 0 aromatic carbocycles. The van der Waals surface area contributed by atoms with Crippen LogP contribution < -0.4 is 5.32 Å². The molecule has 1 saturated carbocycles. The molecule has 1 aliphatic carbocycles. The number of nitriles is 1. The van der Waals surface area contributed by atoms with Crippen molar-refractivity contribution in [2.45, 2.75) is 37.6 Å². The predicted molar refractivity (Wildman–Crippen MR) is 51.4 cm³/mol. The third-order valence-corrected chi connectivity index (χ3v) is 2.72. The Morgan fingerprint density at radius 3 is 2.64 bits per heavy atom. The second-order valence-corrected chi connectivity index (χ2v) is 3.68. The van der Waals surface area contributed by atoms with Crippen molar-refractivity contribution in [2.75, 3.05) is 13.7 Å². The summed E-state index contributed by atoms with van der Waals surface area (Å²) in [4.78, 5) is 10.9. The molecular weight excluding hydrogens is 180 g/mol. The molecule has 0 spiro atoms. The van der Waals surface area contributed by atoms with Gasteiger partial charge in [-0.15, -0.1) is 0 Å². The van der Waals surface area contributed by atoms with Crippen LogP contribution in [0.5, 0.6) is 0 Å². The predicted octanol–water partition coefficient (Wildman–Crippen LogP) is 0.975. The zero-order chi connectivity index (χ0) is 10.4. The number of nitrogens with one attached hydrogen (secondary N) is 1. The number of esters is 1. The Hall–Kier alpha value is -1.08. The summed E-state index contributed by atoms with van der Waals surface area (Å²) < 4.78 is 4.52. The van der Waals surface area contributed by atoms with Crippen LogP contribution in [0.1, 0.15) is 32.1 Å². The lowest BCUT2D eigenvalue weighted by Gasteiger charge is -2.31. The van der Waals surface area contributed by atoms with E-state index < -0.39 is 5.54 Å². The second kappa shape index (κ2) is 4.97. The van der Waals surface area contributed by atoms with Gasteiger partial charge in [0, 0.05) is 0 Å². The number of ether oxygens (including phenoxy) is 1. The van der Waals surface area contributed by atoms with Crippen LogP contribution in [0.3, 0.4) is 0 Å². The van der Waals surface area contributed by atoms with E-state index in [1.165, 1.54) is 13.5 Å². The molecule has 0 amide bonds. The number of carbonyl (C=O) groups excluding carboxylic acids is 1. The van der Waals surface area contributed by atoms with E-state index in [2.05, 4.69) is 16.1 Å². The molecule has 0 aromatic heterocycles. The number of methoxy groups -OCH3 is 1. The van der Waals surface area contributed by atoms with Crippen molar-refractivity contribution in [3.8, 4) is 6.07 Å². The Morgan fingerprint density at radius 2 is 2.14 bits per heavy atom. The lowest BCUT2D eigenvalue weighted by molar-refractivity contribution is -0.139. The van der Waals surface area contributed by atoms with Gasteiger partial charge >= 0.3 is 5.97 Å². The van der Waals surface area contributed by atoms with Crippen molar-refractivity contribution in [2.24, 2.45) is 0 Å². The molecule has 1 N–H and O–H groups in total. The smallest absolute Gasteiger partial charge is 0.319 e. The van der Waals surface area contributed by atoms with Gasteiger partial charge < -0.3 is 4.74 Å². The Labute approximate surface area is 84.2 Å². The van der Waals surface area contributed by atoms with E-state index in [0.717, 1.165) is 25.7 Å². The van der Waals surface area contributed by atoms with Gasteiger partial charge in [-0.2, -0.15) is 5.26 Å². The SMILES string of the molecule is COC(=O)CNC1(C#N)CCCCC1. The Bertz CT molecular complexity index is 239. The summed E-state index contributed by atoms with van der Waals surface area (Å²) in [6, 6.07) is 2.28. The van der Waals surface area contributed by atoms with Crippen LogP contribution in [-0.4, -0.2) is 25.2 Å². The first-order valence-electron chi connectivity index (χ1n) is 4.95. The fraction of sp³-hybridized carbons (Fsp3) is 0.800. The Balaban J connectivity index is 2.45. The molecule has 0 atom stereocenters. The van der Waals surface area contributed by atoms with Crippen molar-refractivity contribution >= 4 is 5.97 Å². The third kappa shape index (κ3) is 2.71. The molecule has 1 fully saturated rings. The fourth-order valence-electron chi connectivity index (χ4n) is 1.80. The summed E-state index contributed by atoms with van der Waals surface area (Å²) in [5.41, 5.74) is -0.494. The van der Waals surface area contributed by atoms with E-state index >= 15 is 0 Å². The zero-order valence-electron chi connectivity index (χ0n) is 8.51. The third-order valence-electron chi connectivity index (χ3n) is 2.72. The van der Waals surface area contributed by atoms with Gasteiger partial charge in [0.15, 0.2) is 0 Å². The second-order valence-electron chi connectivity index (χ2n) is 3.68. The molecule has 0 bridgehead atoms. The maximum Gasteiger partial charge on any atom is 0.319 e. The standard InChI is InChI=1S/C10H16N2O2/c1-14-9(13)7-12-10(8-11)5-3-2-4-6-10/h12H,2-7H2,1H3. The summed E-state index contributed by atoms with van der Waals surface area (Å²) in [5.74, 6) is -0.315. The number of carbonyl (C=O) groups is 1. The fourth-order valence-corrected chi connectivity index (χ4v) is 1.80. The maximum absolute atomic E-state index is 10.9. The average Bonchev–Trinajstić information content (AvgIpc) is 2.27. The monoisotopic (exact) mass is 196 g/mol. The molecule has 0 radical (unpaired) electrons. The maximum atomic E-state index is 10.9. The first-order valence-corrected chi connectivity index (χ1v) is 4.95. The van der Waals surface area contributed by atoms with Gasteiger partial charge in [-0.3, -0.25) is 10.1 Å². The highest BCUT2D eigenvalue weighted by Gasteiger charge is 2.31. The highest BCUT2D eigenvalue weighted by atomic mass is 16.5. The largest absolute Gasteiger partial charge is 0.468 e. The lowest BCUT2D eigenvalue weighted by atomic mass is 9.83. The minimum atomic E-state index is -0.494. The molecule has 0 saturated heterocycles. The topological polar surface area (TPSA) is 62.1 Å². The number of hydrogen-bond acceptors (Lipinski definition) is 4. The molecular formula is C10H16N2O2. The van der Waals surface area contributed by atoms with Gasteiger partial charge in [-0.1, -0.05) is 19.3 Å². The van der Waals surface area contributed by atoms with Gasteiger partial charge in [0.05, 0.1) is 19.7 Å². The minimum Gasteiger partial charge on any atom is -0.468 e. The zero-order valence-corrected chi connectivity index (χ0v) is 8.51. The van der Waals surface area contributed by atoms with E-state index in [4.69, 9.17) is 5.26 Å². The molecule has 0 heterocycles. The van der Waals surface area contributed by atoms with Crippen molar-refractivity contribution in [1.29, 1.82) is 5.26 Å². The summed E-state index contributed by atoms with van der Waals surface area (Å²) in [6.07, 6.45) is 4.97. The van der Waals surface area contributed by atoms with E-state index in [9.17, 15) is 4.79 Å². The molecule has 4 heteroatoms. The molecule has 1 rings (SSSR count). The van der Waals surface area contributed by atoms with Gasteiger partial charge in [-0.05, 0) is 12.8 Å². The number of nitrogens with zero attached hydrogens (tertiary/aromatic N) is 1. The number of hydrogen-bond donors (Lipinski definition) is 1. The molecule has 14 heavy (non-hydrogen) atoms. The van der Waals surface area contributed by atoms with Crippen molar-refractivity contribution in [3.05, 3.63) is 0 Å². The molecule has 0 unspecified atom stereocenters. The summed E-state index contributed by atoms with van der Waals surface area (Å²) >= 11 is 0. The van der Waals surface area contributed by atoms with Crippen molar-refractivity contribution in [1.82, 2.24) is 5.32 Å². The summed E-state index contributed by atoms with van der Waals surface area (Å²) in [5, 5.41) is 12.1. The van der Waals surface area contributed by atoms with E-state index in [1.54, 1.807) is 0 Å². The van der Waals surface area contributed by atoms with Crippen LogP contribution in [0.4, 0.5) is 0 Å². The highest BCUT2D eigenvalue weighted by molar-refractivity contribution is 5.71. The first kappa shape index (κ1) is 11.0. The van der Waals surface area contributed by atoms with Crippen molar-refractivity contribution < 1.29 is 9.53 Å². The van der Waals surface area contributed by atoms with E-state index in [1.807, 2.05) is 0 Å². The van der Waals surface area contributed by atoms with Crippen LogP contribution in [0, 0.1) is 11.3 Å². The van der Waals surface area contributed by atoms with Gasteiger partial charge in [-0.25, -0.2) is 0 Å². The minimum absolute atomic E-state index is 0.129. The van der Waals surface area contributed by atoms with Crippen LogP contribution >= 0.6 is 0 Å². The van der Waals surface area contributed by atoms with E-state index in [0.29, 0.717) is 0 Å². The van der Waals surface area contributed by atoms with Gasteiger partial charge in [0.2, 0.25) is 0 Å². The lowest BCUT2D eigenvalue weighted by Crippen LogP contribution is -2.47. The van der Waals surface area contributed by atoms with Crippen LogP contribution in [0.25, 0.3) is 0 Å². The van der Waals surface area contributed by atoms with Crippen molar-refractivity contribution in [3.63, 3.8) is 0 Å². The highest BCUT2D eigenvalue weighted by Crippen LogP contribution is 2.27. The molecule has 1 aliphatic rings.